The number of hydrogen-bond donors (Lipinski definition) is 1. The lowest BCUT2D eigenvalue weighted by Gasteiger charge is -2.13. The Hall–Kier alpha value is -2.34. The van der Waals surface area contributed by atoms with Gasteiger partial charge in [-0.25, -0.2) is 8.42 Å². The van der Waals surface area contributed by atoms with Crippen molar-refractivity contribution in [2.24, 2.45) is 5.92 Å². The summed E-state index contributed by atoms with van der Waals surface area (Å²) in [6.45, 7) is 7.80. The van der Waals surface area contributed by atoms with E-state index in [2.05, 4.69) is 11.9 Å². The first-order valence-electron chi connectivity index (χ1n) is 8.29. The molecule has 0 saturated heterocycles. The third kappa shape index (κ3) is 3.14. The second-order valence-corrected chi connectivity index (χ2v) is 8.25. The van der Waals surface area contributed by atoms with E-state index < -0.39 is 9.84 Å². The van der Waals surface area contributed by atoms with E-state index in [0.29, 0.717) is 17.9 Å². The Kier molecular flexibility index (Phi) is 4.56. The molecule has 25 heavy (non-hydrogen) atoms. The highest BCUT2D eigenvalue weighted by molar-refractivity contribution is 7.91. The van der Waals surface area contributed by atoms with Crippen LogP contribution in [-0.4, -0.2) is 18.9 Å². The normalized spacial score (nSPS) is 14.3. The minimum absolute atomic E-state index is 0.0139. The summed E-state index contributed by atoms with van der Waals surface area (Å²) in [7, 11) is -3.74. The summed E-state index contributed by atoms with van der Waals surface area (Å²) in [5.74, 6) is 0.211. The molecule has 1 aliphatic rings. The second kappa shape index (κ2) is 6.52. The molecule has 6 heteroatoms. The number of nitrogens with one attached hydrogen (secondary N) is 1. The molecule has 1 aromatic carbocycles. The van der Waals surface area contributed by atoms with Crippen molar-refractivity contribution in [2.75, 3.05) is 5.32 Å². The van der Waals surface area contributed by atoms with E-state index in [9.17, 15) is 13.2 Å². The zero-order valence-electron chi connectivity index (χ0n) is 14.5. The molecular formula is C19H22N2O3S. The molecule has 0 spiro atoms. The van der Waals surface area contributed by atoms with Crippen LogP contribution in [-0.2, 0) is 21.2 Å². The van der Waals surface area contributed by atoms with Gasteiger partial charge >= 0.3 is 0 Å². The van der Waals surface area contributed by atoms with Crippen LogP contribution in [0.5, 0.6) is 0 Å². The predicted octanol–water partition coefficient (Wildman–Crippen LogP) is 3.47. The number of aromatic nitrogens is 1. The van der Waals surface area contributed by atoms with Crippen LogP contribution < -0.4 is 5.32 Å². The minimum Gasteiger partial charge on any atom is -0.327 e. The topological polar surface area (TPSA) is 68.2 Å². The van der Waals surface area contributed by atoms with E-state index in [1.807, 2.05) is 6.92 Å². The molecule has 1 heterocycles. The average Bonchev–Trinajstić information content (AvgIpc) is 3.41. The Bertz CT molecular complexity index is 923. The van der Waals surface area contributed by atoms with Crippen LogP contribution >= 0.6 is 0 Å². The van der Waals surface area contributed by atoms with Gasteiger partial charge in [0.25, 0.3) is 0 Å². The van der Waals surface area contributed by atoms with Gasteiger partial charge in [-0.3, -0.25) is 4.79 Å². The number of anilines is 1. The van der Waals surface area contributed by atoms with E-state index in [1.165, 1.54) is 0 Å². The van der Waals surface area contributed by atoms with Crippen LogP contribution in [0.1, 0.15) is 24.1 Å². The number of hydrogen-bond acceptors (Lipinski definition) is 3. The highest BCUT2D eigenvalue weighted by Crippen LogP contribution is 2.37. The fourth-order valence-electron chi connectivity index (χ4n) is 2.93. The largest absolute Gasteiger partial charge is 0.327 e. The standard InChI is InChI=1S/C19H22N2O3S/c1-4-12-21-14(3)13(2)17(18(21)20-19(22)15-10-11-15)25(23,24)16-8-6-5-7-9-16/h4-9,15H,1,10-12H2,2-3H3,(H,20,22). The van der Waals surface area contributed by atoms with Crippen LogP contribution in [0.2, 0.25) is 0 Å². The molecule has 0 unspecified atom stereocenters. The maximum absolute atomic E-state index is 13.2. The van der Waals surface area contributed by atoms with Gasteiger partial charge in [-0.1, -0.05) is 24.3 Å². The molecule has 1 N–H and O–H groups in total. The summed E-state index contributed by atoms with van der Waals surface area (Å²) >= 11 is 0. The van der Waals surface area contributed by atoms with Crippen LogP contribution in [0.15, 0.2) is 52.8 Å². The first-order chi connectivity index (χ1) is 11.9. The number of allylic oxidation sites excluding steroid dienone is 1. The van der Waals surface area contributed by atoms with Gasteiger partial charge in [-0.2, -0.15) is 0 Å². The van der Waals surface area contributed by atoms with Gasteiger partial charge in [0.2, 0.25) is 15.7 Å². The molecule has 1 saturated carbocycles. The molecule has 3 rings (SSSR count). The van der Waals surface area contributed by atoms with Gasteiger partial charge in [0, 0.05) is 18.2 Å². The average molecular weight is 358 g/mol. The first-order valence-corrected chi connectivity index (χ1v) is 9.77. The van der Waals surface area contributed by atoms with Crippen LogP contribution in [0, 0.1) is 19.8 Å². The molecular weight excluding hydrogens is 336 g/mol. The fraction of sp³-hybridized carbons (Fsp3) is 0.316. The first kappa shape index (κ1) is 17.5. The van der Waals surface area contributed by atoms with Gasteiger partial charge in [0.05, 0.1) is 4.90 Å². The molecule has 2 aromatic rings. The maximum Gasteiger partial charge on any atom is 0.228 e. The molecule has 0 bridgehead atoms. The Balaban J connectivity index is 2.19. The van der Waals surface area contributed by atoms with Crippen molar-refractivity contribution in [3.63, 3.8) is 0 Å². The van der Waals surface area contributed by atoms with Gasteiger partial charge in [0.15, 0.2) is 0 Å². The summed E-state index contributed by atoms with van der Waals surface area (Å²) in [5.41, 5.74) is 1.46. The Morgan fingerprint density at radius 2 is 1.92 bits per heavy atom. The Morgan fingerprint density at radius 1 is 1.28 bits per heavy atom. The predicted molar refractivity (Wildman–Crippen MR) is 97.4 cm³/mol. The molecule has 5 nitrogen and oxygen atoms in total. The van der Waals surface area contributed by atoms with E-state index in [4.69, 9.17) is 0 Å². The Labute approximate surface area is 148 Å². The van der Waals surface area contributed by atoms with Gasteiger partial charge in [-0.05, 0) is 44.4 Å². The zero-order chi connectivity index (χ0) is 18.2. The highest BCUT2D eigenvalue weighted by Gasteiger charge is 2.34. The lowest BCUT2D eigenvalue weighted by Crippen LogP contribution is -2.19. The summed E-state index contributed by atoms with van der Waals surface area (Å²) in [4.78, 5) is 12.7. The second-order valence-electron chi connectivity index (χ2n) is 6.37. The lowest BCUT2D eigenvalue weighted by atomic mass is 10.3. The fourth-order valence-corrected chi connectivity index (χ4v) is 4.64. The molecule has 1 aromatic heterocycles. The van der Waals surface area contributed by atoms with Crippen molar-refractivity contribution in [1.29, 1.82) is 0 Å². The van der Waals surface area contributed by atoms with Crippen molar-refractivity contribution < 1.29 is 13.2 Å². The van der Waals surface area contributed by atoms with Gasteiger partial charge in [0.1, 0.15) is 10.7 Å². The third-order valence-electron chi connectivity index (χ3n) is 4.60. The van der Waals surface area contributed by atoms with Crippen LogP contribution in [0.25, 0.3) is 0 Å². The van der Waals surface area contributed by atoms with Crippen molar-refractivity contribution in [2.45, 2.75) is 43.0 Å². The van der Waals surface area contributed by atoms with Gasteiger partial charge < -0.3 is 9.88 Å². The molecule has 0 aliphatic heterocycles. The highest BCUT2D eigenvalue weighted by atomic mass is 32.2. The molecule has 0 radical (unpaired) electrons. The number of sulfone groups is 1. The van der Waals surface area contributed by atoms with E-state index in [0.717, 1.165) is 18.5 Å². The maximum atomic E-state index is 13.2. The summed E-state index contributed by atoms with van der Waals surface area (Å²) in [6, 6.07) is 8.30. The molecule has 0 atom stereocenters. The smallest absolute Gasteiger partial charge is 0.228 e. The molecule has 1 aliphatic carbocycles. The van der Waals surface area contributed by atoms with E-state index >= 15 is 0 Å². The molecule has 1 fully saturated rings. The number of benzene rings is 1. The number of rotatable bonds is 6. The number of nitrogens with zero attached hydrogens (tertiary/aromatic N) is 1. The number of carbonyl (C=O) groups excluding carboxylic acids is 1. The molecule has 1 amide bonds. The molecule has 132 valence electrons. The van der Waals surface area contributed by atoms with Crippen LogP contribution in [0.3, 0.4) is 0 Å². The van der Waals surface area contributed by atoms with Crippen molar-refractivity contribution in [1.82, 2.24) is 4.57 Å². The van der Waals surface area contributed by atoms with Crippen molar-refractivity contribution in [3.05, 3.63) is 54.2 Å². The summed E-state index contributed by atoms with van der Waals surface area (Å²) < 4.78 is 28.2. The van der Waals surface area contributed by atoms with Crippen LogP contribution in [0.4, 0.5) is 5.82 Å². The summed E-state index contributed by atoms with van der Waals surface area (Å²) in [5, 5.41) is 2.86. The quantitative estimate of drug-likeness (QED) is 0.804. The lowest BCUT2D eigenvalue weighted by molar-refractivity contribution is -0.117. The number of carbonyl (C=O) groups is 1. The Morgan fingerprint density at radius 3 is 2.48 bits per heavy atom. The summed E-state index contributed by atoms with van der Waals surface area (Å²) in [6.07, 6.45) is 3.40. The van der Waals surface area contributed by atoms with Crippen molar-refractivity contribution in [3.8, 4) is 0 Å². The van der Waals surface area contributed by atoms with E-state index in [1.54, 1.807) is 47.9 Å². The number of amides is 1. The van der Waals surface area contributed by atoms with Crippen molar-refractivity contribution >= 4 is 21.6 Å². The minimum atomic E-state index is -3.74. The SMILES string of the molecule is C=CCn1c(C)c(C)c(S(=O)(=O)c2ccccc2)c1NC(=O)C1CC1. The van der Waals surface area contributed by atoms with E-state index in [-0.39, 0.29) is 21.6 Å². The zero-order valence-corrected chi connectivity index (χ0v) is 15.3. The third-order valence-corrected chi connectivity index (χ3v) is 6.53. The monoisotopic (exact) mass is 358 g/mol. The van der Waals surface area contributed by atoms with Gasteiger partial charge in [-0.15, -0.1) is 6.58 Å².